The number of esters is 1. The molecule has 0 fully saturated rings. The van der Waals surface area contributed by atoms with Gasteiger partial charge in [-0.2, -0.15) is 0 Å². The van der Waals surface area contributed by atoms with E-state index in [2.05, 4.69) is 5.32 Å². The zero-order chi connectivity index (χ0) is 13.8. The van der Waals surface area contributed by atoms with E-state index in [4.69, 9.17) is 16.3 Å². The Morgan fingerprint density at radius 2 is 2.11 bits per heavy atom. The molecular formula is C13H12ClNO3S. The molecule has 0 aliphatic carbocycles. The Kier molecular flexibility index (Phi) is 4.39. The Morgan fingerprint density at radius 1 is 1.37 bits per heavy atom. The van der Waals surface area contributed by atoms with E-state index in [1.807, 2.05) is 24.3 Å². The topological polar surface area (TPSA) is 55.4 Å². The number of nitrogens with one attached hydrogen (secondary N) is 1. The van der Waals surface area contributed by atoms with Gasteiger partial charge in [0, 0.05) is 10.1 Å². The summed E-state index contributed by atoms with van der Waals surface area (Å²) in [7, 11) is 0. The van der Waals surface area contributed by atoms with Crippen molar-refractivity contribution >= 4 is 44.9 Å². The Labute approximate surface area is 119 Å². The molecule has 0 spiro atoms. The van der Waals surface area contributed by atoms with E-state index >= 15 is 0 Å². The molecule has 0 aliphatic heterocycles. The van der Waals surface area contributed by atoms with Crippen LogP contribution < -0.4 is 5.32 Å². The Bertz CT molecular complexity index is 623. The van der Waals surface area contributed by atoms with Crippen molar-refractivity contribution in [3.63, 3.8) is 0 Å². The second kappa shape index (κ2) is 6.04. The molecule has 0 radical (unpaired) electrons. The lowest BCUT2D eigenvalue weighted by atomic mass is 10.2. The second-order valence-corrected chi connectivity index (χ2v) is 5.16. The van der Waals surface area contributed by atoms with Gasteiger partial charge >= 0.3 is 5.97 Å². The first kappa shape index (κ1) is 13.8. The van der Waals surface area contributed by atoms with E-state index in [0.29, 0.717) is 16.5 Å². The van der Waals surface area contributed by atoms with Crippen LogP contribution in [0.2, 0.25) is 5.02 Å². The third-order valence-electron chi connectivity index (χ3n) is 2.44. The summed E-state index contributed by atoms with van der Waals surface area (Å²) in [6.45, 7) is 1.85. The summed E-state index contributed by atoms with van der Waals surface area (Å²) in [6.07, 6.45) is 0. The van der Waals surface area contributed by atoms with Crippen LogP contribution in [0, 0.1) is 0 Å². The largest absolute Gasteiger partial charge is 0.465 e. The lowest BCUT2D eigenvalue weighted by molar-refractivity contribution is -0.141. The number of carbonyl (C=O) groups is 2. The Balaban J connectivity index is 2.13. The average molecular weight is 298 g/mol. The van der Waals surface area contributed by atoms with Crippen molar-refractivity contribution in [1.82, 2.24) is 5.32 Å². The number of rotatable bonds is 4. The van der Waals surface area contributed by atoms with Crippen molar-refractivity contribution in [2.24, 2.45) is 0 Å². The number of ether oxygens (including phenoxy) is 1. The molecule has 100 valence electrons. The highest BCUT2D eigenvalue weighted by atomic mass is 35.5. The van der Waals surface area contributed by atoms with E-state index in [1.165, 1.54) is 11.3 Å². The lowest BCUT2D eigenvalue weighted by Crippen LogP contribution is -2.30. The van der Waals surface area contributed by atoms with Crippen LogP contribution in [0.15, 0.2) is 24.3 Å². The molecule has 2 rings (SSSR count). The zero-order valence-corrected chi connectivity index (χ0v) is 11.8. The molecule has 0 atom stereocenters. The van der Waals surface area contributed by atoms with Crippen LogP contribution >= 0.6 is 22.9 Å². The maximum Gasteiger partial charge on any atom is 0.325 e. The number of fused-ring (bicyclic) bond motifs is 1. The van der Waals surface area contributed by atoms with Crippen molar-refractivity contribution < 1.29 is 14.3 Å². The van der Waals surface area contributed by atoms with E-state index in [9.17, 15) is 9.59 Å². The lowest BCUT2D eigenvalue weighted by Gasteiger charge is -2.03. The number of carbonyl (C=O) groups excluding carboxylic acids is 2. The van der Waals surface area contributed by atoms with E-state index in [1.54, 1.807) is 6.92 Å². The smallest absolute Gasteiger partial charge is 0.325 e. The monoisotopic (exact) mass is 297 g/mol. The summed E-state index contributed by atoms with van der Waals surface area (Å²) < 4.78 is 5.67. The number of benzene rings is 1. The molecule has 1 aromatic carbocycles. The Morgan fingerprint density at radius 3 is 2.79 bits per heavy atom. The summed E-state index contributed by atoms with van der Waals surface area (Å²) in [6, 6.07) is 7.50. The molecule has 1 heterocycles. The van der Waals surface area contributed by atoms with Crippen LogP contribution in [0.1, 0.15) is 16.6 Å². The highest BCUT2D eigenvalue weighted by molar-refractivity contribution is 7.21. The molecule has 1 N–H and O–H groups in total. The normalized spacial score (nSPS) is 10.4. The molecule has 19 heavy (non-hydrogen) atoms. The highest BCUT2D eigenvalue weighted by Gasteiger charge is 2.17. The first-order valence-electron chi connectivity index (χ1n) is 5.74. The molecular weight excluding hydrogens is 286 g/mol. The number of amides is 1. The molecule has 0 saturated heterocycles. The van der Waals surface area contributed by atoms with Crippen LogP contribution in [0.4, 0.5) is 0 Å². The minimum atomic E-state index is -0.465. The first-order valence-corrected chi connectivity index (χ1v) is 6.93. The SMILES string of the molecule is CCOC(=O)CNC(=O)c1sc2ccccc2c1Cl. The minimum Gasteiger partial charge on any atom is -0.465 e. The fraction of sp³-hybridized carbons (Fsp3) is 0.231. The standard InChI is InChI=1S/C13H12ClNO3S/c1-2-18-10(16)7-15-13(17)12-11(14)8-5-3-4-6-9(8)19-12/h3-6H,2,7H2,1H3,(H,15,17). The maximum atomic E-state index is 12.0. The van der Waals surface area contributed by atoms with Crippen LogP contribution in [-0.4, -0.2) is 25.0 Å². The minimum absolute atomic E-state index is 0.156. The first-order chi connectivity index (χ1) is 9.13. The van der Waals surface area contributed by atoms with Crippen molar-refractivity contribution in [2.45, 2.75) is 6.92 Å². The third kappa shape index (κ3) is 3.05. The predicted molar refractivity (Wildman–Crippen MR) is 75.8 cm³/mol. The van der Waals surface area contributed by atoms with Gasteiger partial charge in [0.2, 0.25) is 0 Å². The summed E-state index contributed by atoms with van der Waals surface area (Å²) in [5.41, 5.74) is 0. The average Bonchev–Trinajstić information content (AvgIpc) is 2.74. The van der Waals surface area contributed by atoms with Crippen molar-refractivity contribution in [2.75, 3.05) is 13.2 Å². The van der Waals surface area contributed by atoms with Crippen LogP contribution in [0.25, 0.3) is 10.1 Å². The van der Waals surface area contributed by atoms with Gasteiger partial charge in [-0.3, -0.25) is 9.59 Å². The van der Waals surface area contributed by atoms with Gasteiger partial charge in [-0.25, -0.2) is 0 Å². The van der Waals surface area contributed by atoms with Gasteiger partial charge in [-0.1, -0.05) is 29.8 Å². The molecule has 0 unspecified atom stereocenters. The van der Waals surface area contributed by atoms with Gasteiger partial charge < -0.3 is 10.1 Å². The molecule has 0 bridgehead atoms. The van der Waals surface area contributed by atoms with Crippen LogP contribution in [0.5, 0.6) is 0 Å². The third-order valence-corrected chi connectivity index (χ3v) is 4.11. The van der Waals surface area contributed by atoms with Crippen LogP contribution in [0.3, 0.4) is 0 Å². The van der Waals surface area contributed by atoms with Gasteiger partial charge in [-0.05, 0) is 13.0 Å². The van der Waals surface area contributed by atoms with Gasteiger partial charge in [-0.15, -0.1) is 11.3 Å². The van der Waals surface area contributed by atoms with E-state index < -0.39 is 5.97 Å². The molecule has 0 saturated carbocycles. The summed E-state index contributed by atoms with van der Waals surface area (Å²) in [5, 5.41) is 3.76. The van der Waals surface area contributed by atoms with Crippen LogP contribution in [-0.2, 0) is 9.53 Å². The number of hydrogen-bond donors (Lipinski definition) is 1. The van der Waals surface area contributed by atoms with Gasteiger partial charge in [0.05, 0.1) is 11.6 Å². The van der Waals surface area contributed by atoms with Crippen molar-refractivity contribution in [3.05, 3.63) is 34.2 Å². The van der Waals surface area contributed by atoms with E-state index in [-0.39, 0.29) is 12.5 Å². The van der Waals surface area contributed by atoms with Gasteiger partial charge in [0.25, 0.3) is 5.91 Å². The molecule has 0 aliphatic rings. The quantitative estimate of drug-likeness (QED) is 0.883. The predicted octanol–water partition coefficient (Wildman–Crippen LogP) is 2.85. The van der Waals surface area contributed by atoms with E-state index in [0.717, 1.165) is 10.1 Å². The second-order valence-electron chi connectivity index (χ2n) is 3.73. The fourth-order valence-electron chi connectivity index (χ4n) is 1.60. The molecule has 6 heteroatoms. The van der Waals surface area contributed by atoms with Gasteiger partial charge in [0.15, 0.2) is 0 Å². The Hall–Kier alpha value is -1.59. The summed E-state index contributed by atoms with van der Waals surface area (Å²) >= 11 is 7.46. The van der Waals surface area contributed by atoms with Crippen molar-refractivity contribution in [1.29, 1.82) is 0 Å². The fourth-order valence-corrected chi connectivity index (χ4v) is 3.04. The molecule has 1 amide bonds. The molecule has 1 aromatic heterocycles. The summed E-state index contributed by atoms with van der Waals surface area (Å²) in [5.74, 6) is -0.827. The summed E-state index contributed by atoms with van der Waals surface area (Å²) in [4.78, 5) is 23.5. The molecule has 2 aromatic rings. The van der Waals surface area contributed by atoms with Gasteiger partial charge in [0.1, 0.15) is 11.4 Å². The number of hydrogen-bond acceptors (Lipinski definition) is 4. The highest BCUT2D eigenvalue weighted by Crippen LogP contribution is 2.34. The van der Waals surface area contributed by atoms with Crippen molar-refractivity contribution in [3.8, 4) is 0 Å². The zero-order valence-electron chi connectivity index (χ0n) is 10.2. The number of halogens is 1. The molecule has 4 nitrogen and oxygen atoms in total. The maximum absolute atomic E-state index is 12.0. The number of thiophene rings is 1.